The van der Waals surface area contributed by atoms with Crippen LogP contribution in [-0.4, -0.2) is 35.4 Å². The third kappa shape index (κ3) is 4.91. The number of benzene rings is 2. The van der Waals surface area contributed by atoms with Crippen molar-refractivity contribution in [2.24, 2.45) is 5.73 Å². The molecule has 3 N–H and O–H groups in total. The van der Waals surface area contributed by atoms with Crippen LogP contribution < -0.4 is 15.8 Å². The number of nitrogens with zero attached hydrogens (tertiary/aromatic N) is 1. The van der Waals surface area contributed by atoms with Gasteiger partial charge in [-0.1, -0.05) is 30.3 Å². The van der Waals surface area contributed by atoms with Gasteiger partial charge >= 0.3 is 0 Å². The molecular weight excluding hydrogens is 422 g/mol. The van der Waals surface area contributed by atoms with Gasteiger partial charge in [-0.05, 0) is 66.0 Å². The Bertz CT molecular complexity index is 858. The number of carbonyl (C=O) groups is 2. The minimum absolute atomic E-state index is 0.240. The average Bonchev–Trinajstić information content (AvgIpc) is 3.13. The highest BCUT2D eigenvalue weighted by Crippen LogP contribution is 2.26. The van der Waals surface area contributed by atoms with Crippen LogP contribution in [-0.2, 0) is 16.1 Å². The normalized spacial score (nSPS) is 17.9. The smallest absolute Gasteiger partial charge is 0.265 e. The van der Waals surface area contributed by atoms with Crippen molar-refractivity contribution in [1.29, 1.82) is 0 Å². The number of rotatable bonds is 7. The first-order valence-corrected chi connectivity index (χ1v) is 10.1. The zero-order valence-corrected chi connectivity index (χ0v) is 17.3. The fraction of sp³-hybridized carbons (Fsp3) is 0.333. The Morgan fingerprint density at radius 2 is 1.96 bits per heavy atom. The summed E-state index contributed by atoms with van der Waals surface area (Å²) < 4.78 is 6.56. The highest BCUT2D eigenvalue weighted by atomic mass is 79.9. The summed E-state index contributed by atoms with van der Waals surface area (Å²) in [6.07, 6.45) is 1.05. The SMILES string of the molecule is CC(Oc1ccccc1Br)C(=O)Nc1ccccc1CN1CCCC1C(N)=O. The van der Waals surface area contributed by atoms with Crippen molar-refractivity contribution in [3.8, 4) is 5.75 Å². The van der Waals surface area contributed by atoms with E-state index in [-0.39, 0.29) is 17.9 Å². The van der Waals surface area contributed by atoms with Gasteiger partial charge in [0.25, 0.3) is 5.91 Å². The van der Waals surface area contributed by atoms with Crippen molar-refractivity contribution in [3.05, 3.63) is 58.6 Å². The molecule has 148 valence electrons. The first kappa shape index (κ1) is 20.4. The van der Waals surface area contributed by atoms with Crippen LogP contribution in [0.3, 0.4) is 0 Å². The number of hydrogen-bond acceptors (Lipinski definition) is 4. The molecule has 1 saturated heterocycles. The number of halogens is 1. The van der Waals surface area contributed by atoms with Gasteiger partial charge in [0.15, 0.2) is 6.10 Å². The van der Waals surface area contributed by atoms with Gasteiger partial charge in [-0.2, -0.15) is 0 Å². The molecule has 0 spiro atoms. The van der Waals surface area contributed by atoms with Gasteiger partial charge in [-0.15, -0.1) is 0 Å². The first-order chi connectivity index (χ1) is 13.5. The lowest BCUT2D eigenvalue weighted by Crippen LogP contribution is -2.40. The molecule has 2 atom stereocenters. The minimum Gasteiger partial charge on any atom is -0.480 e. The Hall–Kier alpha value is -2.38. The number of para-hydroxylation sites is 2. The molecule has 1 aliphatic heterocycles. The average molecular weight is 446 g/mol. The number of carbonyl (C=O) groups excluding carboxylic acids is 2. The number of nitrogens with two attached hydrogens (primary N) is 1. The third-order valence-corrected chi connectivity index (χ3v) is 5.51. The molecule has 0 radical (unpaired) electrons. The molecule has 0 bridgehead atoms. The summed E-state index contributed by atoms with van der Waals surface area (Å²) in [5.41, 5.74) is 7.17. The van der Waals surface area contributed by atoms with E-state index in [1.54, 1.807) is 13.0 Å². The Balaban J connectivity index is 1.68. The molecule has 6 nitrogen and oxygen atoms in total. The van der Waals surface area contributed by atoms with E-state index in [0.717, 1.165) is 29.4 Å². The number of primary amides is 1. The molecule has 2 amide bonds. The summed E-state index contributed by atoms with van der Waals surface area (Å²) >= 11 is 3.42. The molecular formula is C21H24BrN3O3. The summed E-state index contributed by atoms with van der Waals surface area (Å²) in [6.45, 7) is 3.09. The van der Waals surface area contributed by atoms with E-state index in [1.165, 1.54) is 0 Å². The second-order valence-electron chi connectivity index (χ2n) is 6.87. The number of amides is 2. The van der Waals surface area contributed by atoms with Crippen molar-refractivity contribution in [2.45, 2.75) is 38.5 Å². The Labute approximate surface area is 173 Å². The molecule has 2 aromatic rings. The molecule has 1 fully saturated rings. The number of anilines is 1. The highest BCUT2D eigenvalue weighted by molar-refractivity contribution is 9.10. The summed E-state index contributed by atoms with van der Waals surface area (Å²) in [4.78, 5) is 26.4. The lowest BCUT2D eigenvalue weighted by atomic mass is 10.1. The Kier molecular flexibility index (Phi) is 6.70. The lowest BCUT2D eigenvalue weighted by molar-refractivity contribution is -0.123. The van der Waals surface area contributed by atoms with Crippen LogP contribution in [0.4, 0.5) is 5.69 Å². The molecule has 3 rings (SSSR count). The molecule has 0 saturated carbocycles. The molecule has 1 aliphatic rings. The van der Waals surface area contributed by atoms with Crippen LogP contribution in [0.5, 0.6) is 5.75 Å². The summed E-state index contributed by atoms with van der Waals surface area (Å²) in [7, 11) is 0. The van der Waals surface area contributed by atoms with E-state index < -0.39 is 6.10 Å². The zero-order chi connectivity index (χ0) is 20.1. The molecule has 0 aromatic heterocycles. The van der Waals surface area contributed by atoms with Crippen LogP contribution in [0, 0.1) is 0 Å². The Morgan fingerprint density at radius 1 is 1.25 bits per heavy atom. The van der Waals surface area contributed by atoms with E-state index in [4.69, 9.17) is 10.5 Å². The number of ether oxygens (including phenoxy) is 1. The lowest BCUT2D eigenvalue weighted by Gasteiger charge is -2.23. The van der Waals surface area contributed by atoms with E-state index in [0.29, 0.717) is 18.0 Å². The van der Waals surface area contributed by atoms with Crippen molar-refractivity contribution in [1.82, 2.24) is 4.90 Å². The van der Waals surface area contributed by atoms with Crippen LogP contribution >= 0.6 is 15.9 Å². The van der Waals surface area contributed by atoms with E-state index in [9.17, 15) is 9.59 Å². The van der Waals surface area contributed by atoms with Crippen molar-refractivity contribution < 1.29 is 14.3 Å². The summed E-state index contributed by atoms with van der Waals surface area (Å²) in [5, 5.41) is 2.95. The maximum Gasteiger partial charge on any atom is 0.265 e. The van der Waals surface area contributed by atoms with Crippen LogP contribution in [0.25, 0.3) is 0 Å². The standard InChI is InChI=1S/C21H24BrN3O3/c1-14(28-19-11-5-3-8-16(19)22)21(27)24-17-9-4-2-7-15(17)13-25-12-6-10-18(25)20(23)26/h2-5,7-9,11,14,18H,6,10,12-13H2,1H3,(H2,23,26)(H,24,27). The van der Waals surface area contributed by atoms with Crippen molar-refractivity contribution in [2.75, 3.05) is 11.9 Å². The monoisotopic (exact) mass is 445 g/mol. The number of likely N-dealkylation sites (tertiary alicyclic amines) is 1. The van der Waals surface area contributed by atoms with Gasteiger partial charge < -0.3 is 15.8 Å². The van der Waals surface area contributed by atoms with Gasteiger partial charge in [0, 0.05) is 12.2 Å². The van der Waals surface area contributed by atoms with Gasteiger partial charge in [-0.25, -0.2) is 0 Å². The van der Waals surface area contributed by atoms with E-state index >= 15 is 0 Å². The van der Waals surface area contributed by atoms with Gasteiger partial charge in [0.1, 0.15) is 5.75 Å². The number of nitrogens with one attached hydrogen (secondary N) is 1. The van der Waals surface area contributed by atoms with Crippen molar-refractivity contribution in [3.63, 3.8) is 0 Å². The molecule has 2 aromatic carbocycles. The summed E-state index contributed by atoms with van der Waals surface area (Å²) in [6, 6.07) is 14.7. The number of hydrogen-bond donors (Lipinski definition) is 2. The van der Waals surface area contributed by atoms with E-state index in [2.05, 4.69) is 26.1 Å². The predicted molar refractivity (Wildman–Crippen MR) is 112 cm³/mol. The largest absolute Gasteiger partial charge is 0.480 e. The fourth-order valence-corrected chi connectivity index (χ4v) is 3.73. The third-order valence-electron chi connectivity index (χ3n) is 4.85. The Morgan fingerprint density at radius 3 is 2.71 bits per heavy atom. The van der Waals surface area contributed by atoms with E-state index in [1.807, 2.05) is 42.5 Å². The first-order valence-electron chi connectivity index (χ1n) is 9.29. The molecule has 1 heterocycles. The molecule has 0 aliphatic carbocycles. The van der Waals surface area contributed by atoms with Crippen molar-refractivity contribution >= 4 is 33.4 Å². The quantitative estimate of drug-likeness (QED) is 0.684. The molecule has 2 unspecified atom stereocenters. The maximum atomic E-state index is 12.7. The summed E-state index contributed by atoms with van der Waals surface area (Å²) in [5.74, 6) is 0.0744. The van der Waals surface area contributed by atoms with Gasteiger partial charge in [-0.3, -0.25) is 14.5 Å². The van der Waals surface area contributed by atoms with Gasteiger partial charge in [0.05, 0.1) is 10.5 Å². The fourth-order valence-electron chi connectivity index (χ4n) is 3.36. The molecule has 7 heteroatoms. The highest BCUT2D eigenvalue weighted by Gasteiger charge is 2.29. The topological polar surface area (TPSA) is 84.7 Å². The molecule has 28 heavy (non-hydrogen) atoms. The minimum atomic E-state index is -0.670. The van der Waals surface area contributed by atoms with Crippen LogP contribution in [0.1, 0.15) is 25.3 Å². The second-order valence-corrected chi connectivity index (χ2v) is 7.72. The van der Waals surface area contributed by atoms with Gasteiger partial charge in [0.2, 0.25) is 5.91 Å². The maximum absolute atomic E-state index is 12.7. The van der Waals surface area contributed by atoms with Crippen LogP contribution in [0.2, 0.25) is 0 Å². The zero-order valence-electron chi connectivity index (χ0n) is 15.7. The second kappa shape index (κ2) is 9.21. The predicted octanol–water partition coefficient (Wildman–Crippen LogP) is 3.30. The van der Waals surface area contributed by atoms with Crippen LogP contribution in [0.15, 0.2) is 53.0 Å².